The summed E-state index contributed by atoms with van der Waals surface area (Å²) in [5, 5.41) is 0. The molecule has 1 unspecified atom stereocenters. The molecule has 1 aromatic rings. The lowest BCUT2D eigenvalue weighted by Gasteiger charge is -2.15. The van der Waals surface area contributed by atoms with Crippen molar-refractivity contribution in [2.24, 2.45) is 5.73 Å². The molecule has 1 atom stereocenters. The van der Waals surface area contributed by atoms with Gasteiger partial charge in [-0.05, 0) is 17.0 Å². The lowest BCUT2D eigenvalue weighted by molar-refractivity contribution is -0.152. The molecule has 5 heteroatoms. The second-order valence-electron chi connectivity index (χ2n) is 4.51. The van der Waals surface area contributed by atoms with Gasteiger partial charge in [-0.15, -0.1) is 0 Å². The Morgan fingerprint density at radius 3 is 2.13 bits per heavy atom. The van der Waals surface area contributed by atoms with Gasteiger partial charge in [0.15, 0.2) is 6.04 Å². The van der Waals surface area contributed by atoms with Gasteiger partial charge in [0.05, 0.1) is 6.26 Å². The van der Waals surface area contributed by atoms with E-state index in [1.54, 1.807) is 0 Å². The molecule has 0 saturated carbocycles. The van der Waals surface area contributed by atoms with Gasteiger partial charge in [-0.25, -0.2) is 0 Å². The minimum absolute atomic E-state index is 0.243. The zero-order valence-corrected chi connectivity index (χ0v) is 8.85. The van der Waals surface area contributed by atoms with Gasteiger partial charge >= 0.3 is 6.18 Å². The lowest BCUT2D eigenvalue weighted by atomic mass is 9.89. The molecule has 0 spiro atoms. The predicted molar refractivity (Wildman–Crippen MR) is 50.4 cm³/mol. The highest BCUT2D eigenvalue weighted by Gasteiger charge is 2.40. The van der Waals surface area contributed by atoms with Crippen molar-refractivity contribution < 1.29 is 17.6 Å². The highest BCUT2D eigenvalue weighted by molar-refractivity contribution is 5.23. The smallest absolute Gasteiger partial charge is 0.410 e. The first-order valence-electron chi connectivity index (χ1n) is 4.53. The Labute approximate surface area is 86.3 Å². The number of nitrogens with two attached hydrogens (primary N) is 1. The second-order valence-corrected chi connectivity index (χ2v) is 4.51. The Balaban J connectivity index is 2.95. The third-order valence-electron chi connectivity index (χ3n) is 2.14. The SMILES string of the molecule is CC(C)(C)c1coc(C(N)C(F)(F)F)c1. The summed E-state index contributed by atoms with van der Waals surface area (Å²) in [6.07, 6.45) is -3.14. The molecule has 0 bridgehead atoms. The zero-order chi connectivity index (χ0) is 11.9. The fourth-order valence-electron chi connectivity index (χ4n) is 1.07. The van der Waals surface area contributed by atoms with E-state index in [-0.39, 0.29) is 11.2 Å². The monoisotopic (exact) mass is 221 g/mol. The largest absolute Gasteiger partial charge is 0.467 e. The quantitative estimate of drug-likeness (QED) is 0.791. The highest BCUT2D eigenvalue weighted by Crippen LogP contribution is 2.33. The molecule has 0 saturated heterocycles. The van der Waals surface area contributed by atoms with Crippen LogP contribution < -0.4 is 5.73 Å². The number of alkyl halides is 3. The minimum atomic E-state index is -4.47. The Hall–Kier alpha value is -0.970. The van der Waals surface area contributed by atoms with Crippen LogP contribution in [0.15, 0.2) is 16.7 Å². The van der Waals surface area contributed by atoms with Crippen molar-refractivity contribution in [1.82, 2.24) is 0 Å². The molecule has 1 heterocycles. The van der Waals surface area contributed by atoms with Crippen LogP contribution in [0.4, 0.5) is 13.2 Å². The van der Waals surface area contributed by atoms with Crippen LogP contribution in [0.25, 0.3) is 0 Å². The van der Waals surface area contributed by atoms with Crippen LogP contribution in [0.2, 0.25) is 0 Å². The second kappa shape index (κ2) is 3.56. The minimum Gasteiger partial charge on any atom is -0.467 e. The molecule has 2 N–H and O–H groups in total. The van der Waals surface area contributed by atoms with Crippen molar-refractivity contribution in [3.8, 4) is 0 Å². The van der Waals surface area contributed by atoms with Crippen molar-refractivity contribution in [2.75, 3.05) is 0 Å². The van der Waals surface area contributed by atoms with E-state index < -0.39 is 12.2 Å². The van der Waals surface area contributed by atoms with Crippen LogP contribution in [0.5, 0.6) is 0 Å². The summed E-state index contributed by atoms with van der Waals surface area (Å²) in [4.78, 5) is 0. The number of hydrogen-bond acceptors (Lipinski definition) is 2. The van der Waals surface area contributed by atoms with Crippen LogP contribution in [0, 0.1) is 0 Å². The standard InChI is InChI=1S/C10H14F3NO/c1-9(2,3)6-4-7(15-5-6)8(14)10(11,12)13/h4-5,8H,14H2,1-3H3. The fraction of sp³-hybridized carbons (Fsp3) is 0.600. The van der Waals surface area contributed by atoms with E-state index in [4.69, 9.17) is 10.2 Å². The molecule has 0 amide bonds. The third-order valence-corrected chi connectivity index (χ3v) is 2.14. The van der Waals surface area contributed by atoms with E-state index in [0.717, 1.165) is 0 Å². The molecule has 0 radical (unpaired) electrons. The normalized spacial score (nSPS) is 15.4. The number of hydrogen-bond donors (Lipinski definition) is 1. The third kappa shape index (κ3) is 2.75. The van der Waals surface area contributed by atoms with Gasteiger partial charge in [0.25, 0.3) is 0 Å². The van der Waals surface area contributed by atoms with Crippen molar-refractivity contribution >= 4 is 0 Å². The van der Waals surface area contributed by atoms with Crippen molar-refractivity contribution in [3.05, 3.63) is 23.7 Å². The van der Waals surface area contributed by atoms with Gasteiger partial charge < -0.3 is 10.2 Å². The number of rotatable bonds is 1. The molecule has 0 aliphatic rings. The fourth-order valence-corrected chi connectivity index (χ4v) is 1.07. The summed E-state index contributed by atoms with van der Waals surface area (Å²) in [5.41, 5.74) is 5.47. The van der Waals surface area contributed by atoms with Crippen LogP contribution in [-0.2, 0) is 5.41 Å². The molecular formula is C10H14F3NO. The predicted octanol–water partition coefficient (Wildman–Crippen LogP) is 3.14. The van der Waals surface area contributed by atoms with E-state index in [1.165, 1.54) is 12.3 Å². The highest BCUT2D eigenvalue weighted by atomic mass is 19.4. The van der Waals surface area contributed by atoms with Gasteiger partial charge in [0.1, 0.15) is 5.76 Å². The number of furan rings is 1. The molecule has 0 aliphatic carbocycles. The molecule has 2 nitrogen and oxygen atoms in total. The molecule has 0 aromatic carbocycles. The zero-order valence-electron chi connectivity index (χ0n) is 8.85. The maximum Gasteiger partial charge on any atom is 0.410 e. The summed E-state index contributed by atoms with van der Waals surface area (Å²) in [6, 6.07) is -0.688. The first-order valence-corrected chi connectivity index (χ1v) is 4.53. The molecule has 15 heavy (non-hydrogen) atoms. The Bertz CT molecular complexity index is 335. The molecule has 86 valence electrons. The van der Waals surface area contributed by atoms with Crippen molar-refractivity contribution in [2.45, 2.75) is 38.4 Å². The van der Waals surface area contributed by atoms with Gasteiger partial charge in [-0.3, -0.25) is 0 Å². The van der Waals surface area contributed by atoms with Crippen LogP contribution in [-0.4, -0.2) is 6.18 Å². The molecule has 0 aliphatic heterocycles. The molecule has 1 rings (SSSR count). The maximum atomic E-state index is 12.3. The van der Waals surface area contributed by atoms with Crippen LogP contribution in [0.1, 0.15) is 38.1 Å². The van der Waals surface area contributed by atoms with E-state index >= 15 is 0 Å². The van der Waals surface area contributed by atoms with E-state index in [1.807, 2.05) is 20.8 Å². The molecule has 1 aromatic heterocycles. The summed E-state index contributed by atoms with van der Waals surface area (Å²) < 4.78 is 41.6. The van der Waals surface area contributed by atoms with Gasteiger partial charge in [0.2, 0.25) is 0 Å². The van der Waals surface area contributed by atoms with Gasteiger partial charge in [-0.1, -0.05) is 20.8 Å². The summed E-state index contributed by atoms with van der Waals surface area (Å²) >= 11 is 0. The van der Waals surface area contributed by atoms with E-state index in [0.29, 0.717) is 5.56 Å². The van der Waals surface area contributed by atoms with Crippen LogP contribution >= 0.6 is 0 Å². The van der Waals surface area contributed by atoms with E-state index in [9.17, 15) is 13.2 Å². The first kappa shape index (κ1) is 12.1. The van der Waals surface area contributed by atoms with E-state index in [2.05, 4.69) is 0 Å². The molecular weight excluding hydrogens is 207 g/mol. The average molecular weight is 221 g/mol. The van der Waals surface area contributed by atoms with Gasteiger partial charge in [-0.2, -0.15) is 13.2 Å². The Morgan fingerprint density at radius 2 is 1.80 bits per heavy atom. The number of halogens is 3. The first-order chi connectivity index (χ1) is 6.62. The average Bonchev–Trinajstić information content (AvgIpc) is 2.47. The Morgan fingerprint density at radius 1 is 1.27 bits per heavy atom. The van der Waals surface area contributed by atoms with Gasteiger partial charge in [0, 0.05) is 0 Å². The summed E-state index contributed by atoms with van der Waals surface area (Å²) in [6.45, 7) is 5.67. The summed E-state index contributed by atoms with van der Waals surface area (Å²) in [5.74, 6) is -0.243. The Kier molecular flexibility index (Phi) is 2.87. The molecule has 0 fully saturated rings. The van der Waals surface area contributed by atoms with Crippen molar-refractivity contribution in [3.63, 3.8) is 0 Å². The van der Waals surface area contributed by atoms with Crippen LogP contribution in [0.3, 0.4) is 0 Å². The van der Waals surface area contributed by atoms with Crippen molar-refractivity contribution in [1.29, 1.82) is 0 Å². The lowest BCUT2D eigenvalue weighted by Crippen LogP contribution is -2.28. The summed E-state index contributed by atoms with van der Waals surface area (Å²) in [7, 11) is 0. The topological polar surface area (TPSA) is 39.2 Å². The maximum absolute atomic E-state index is 12.3.